The van der Waals surface area contributed by atoms with E-state index in [1.54, 1.807) is 8.70 Å². The molecule has 2 heteroatoms. The van der Waals surface area contributed by atoms with E-state index in [9.17, 15) is 0 Å². The molecule has 0 N–H and O–H groups in total. The number of benzene rings is 6. The molecule has 0 spiro atoms. The minimum atomic E-state index is -0.181. The van der Waals surface area contributed by atoms with Crippen LogP contribution in [0, 0.1) is 83.1 Å². The molecule has 0 heterocycles. The number of rotatable bonds is 6. The standard InChI is InChI=1S/C48H50As2/c1-27-19-31(5)43(32(6)20-27)39-15-13-16-40(44-33(7)21-28(2)22-34(44)8)47(39)49-50-48-41(45-35(9)23-29(3)24-36(45)10)17-14-18-42(48)46-37(11)25-30(4)26-38(46)12/h13-26H,1-12H3. The Morgan fingerprint density at radius 2 is 0.460 bits per heavy atom. The molecule has 252 valence electrons. The zero-order valence-electron chi connectivity index (χ0n) is 32.0. The Labute approximate surface area is 312 Å². The van der Waals surface area contributed by atoms with Gasteiger partial charge in [0, 0.05) is 0 Å². The maximum atomic E-state index is 2.41. The summed E-state index contributed by atoms with van der Waals surface area (Å²) in [5.74, 6) is 0. The summed E-state index contributed by atoms with van der Waals surface area (Å²) in [5.41, 5.74) is 27.6. The van der Waals surface area contributed by atoms with E-state index in [4.69, 9.17) is 0 Å². The van der Waals surface area contributed by atoms with Crippen LogP contribution in [-0.4, -0.2) is 26.3 Å². The SMILES string of the molecule is Cc1cc(C)c(-c2cccc(-c3c(C)cc(C)cc3C)c2[As]=[As]c2c(-c3c(C)cc(C)cc3C)cccc2-c2c(C)cc(C)cc2C)c(C)c1. The number of aryl methyl sites for hydroxylation is 12. The molecular weight excluding hydrogens is 726 g/mol. The Morgan fingerprint density at radius 1 is 0.280 bits per heavy atom. The van der Waals surface area contributed by atoms with Crippen LogP contribution < -0.4 is 8.70 Å². The Morgan fingerprint density at radius 3 is 0.640 bits per heavy atom. The minimum absolute atomic E-state index is 0.181. The van der Waals surface area contributed by atoms with Crippen molar-refractivity contribution in [2.24, 2.45) is 0 Å². The second kappa shape index (κ2) is 14.6. The summed E-state index contributed by atoms with van der Waals surface area (Å²) in [6.07, 6.45) is 0. The third kappa shape index (κ3) is 7.00. The van der Waals surface area contributed by atoms with E-state index in [1.807, 2.05) is 0 Å². The first kappa shape index (κ1) is 36.2. The molecule has 0 aromatic heterocycles. The van der Waals surface area contributed by atoms with Gasteiger partial charge < -0.3 is 0 Å². The van der Waals surface area contributed by atoms with Gasteiger partial charge in [-0.3, -0.25) is 0 Å². The molecule has 0 unspecified atom stereocenters. The van der Waals surface area contributed by atoms with Gasteiger partial charge in [0.15, 0.2) is 0 Å². The van der Waals surface area contributed by atoms with Gasteiger partial charge in [-0.2, -0.15) is 0 Å². The van der Waals surface area contributed by atoms with Crippen LogP contribution in [0.3, 0.4) is 0 Å². The van der Waals surface area contributed by atoms with Crippen LogP contribution in [0.4, 0.5) is 0 Å². The molecule has 6 aromatic carbocycles. The van der Waals surface area contributed by atoms with Gasteiger partial charge in [0.25, 0.3) is 0 Å². The molecule has 0 nitrogen and oxygen atoms in total. The fourth-order valence-corrected chi connectivity index (χ4v) is 18.4. The second-order valence-electron chi connectivity index (χ2n) is 14.7. The van der Waals surface area contributed by atoms with Crippen LogP contribution in [0.15, 0.2) is 84.9 Å². The van der Waals surface area contributed by atoms with Crippen molar-refractivity contribution >= 4 is 35.0 Å². The van der Waals surface area contributed by atoms with Gasteiger partial charge in [0.1, 0.15) is 0 Å². The van der Waals surface area contributed by atoms with Gasteiger partial charge in [-0.05, 0) is 0 Å². The first-order chi connectivity index (χ1) is 23.7. The van der Waals surface area contributed by atoms with Crippen LogP contribution in [0.2, 0.25) is 0 Å². The summed E-state index contributed by atoms with van der Waals surface area (Å²) in [6.45, 7) is 27.3. The Kier molecular flexibility index (Phi) is 10.6. The molecule has 0 saturated carbocycles. The Balaban J connectivity index is 1.72. The average Bonchev–Trinajstić information content (AvgIpc) is 2.99. The van der Waals surface area contributed by atoms with E-state index >= 15 is 0 Å². The normalized spacial score (nSPS) is 11.5. The van der Waals surface area contributed by atoms with Gasteiger partial charge >= 0.3 is 314 Å². The van der Waals surface area contributed by atoms with Crippen molar-refractivity contribution in [3.8, 4) is 44.5 Å². The summed E-state index contributed by atoms with van der Waals surface area (Å²) in [7, 11) is 0. The topological polar surface area (TPSA) is 0 Å². The monoisotopic (exact) mass is 776 g/mol. The van der Waals surface area contributed by atoms with Gasteiger partial charge in [-0.25, -0.2) is 0 Å². The van der Waals surface area contributed by atoms with Crippen LogP contribution >= 0.6 is 0 Å². The Bertz CT molecular complexity index is 1920. The fraction of sp³-hybridized carbons (Fsp3) is 0.250. The molecule has 6 rings (SSSR count). The van der Waals surface area contributed by atoms with E-state index in [-0.39, 0.29) is 26.3 Å². The molecule has 0 aliphatic rings. The van der Waals surface area contributed by atoms with Gasteiger partial charge in [0.2, 0.25) is 0 Å². The molecule has 0 atom stereocenters. The van der Waals surface area contributed by atoms with E-state index in [1.165, 1.54) is 111 Å². The van der Waals surface area contributed by atoms with Gasteiger partial charge in [-0.15, -0.1) is 0 Å². The molecule has 0 bridgehead atoms. The summed E-state index contributed by atoms with van der Waals surface area (Å²) in [4.78, 5) is 0. The zero-order valence-corrected chi connectivity index (χ0v) is 35.7. The molecular formula is C48H50As2. The molecule has 0 aliphatic heterocycles. The van der Waals surface area contributed by atoms with Crippen molar-refractivity contribution in [3.63, 3.8) is 0 Å². The third-order valence-corrected chi connectivity index (χ3v) is 18.6. The maximum absolute atomic E-state index is 2.41. The molecule has 0 aliphatic carbocycles. The van der Waals surface area contributed by atoms with Crippen molar-refractivity contribution < 1.29 is 0 Å². The average molecular weight is 777 g/mol. The quantitative estimate of drug-likeness (QED) is 0.148. The van der Waals surface area contributed by atoms with Crippen LogP contribution in [-0.2, 0) is 0 Å². The first-order valence-corrected chi connectivity index (χ1v) is 24.8. The van der Waals surface area contributed by atoms with E-state index in [0.29, 0.717) is 0 Å². The van der Waals surface area contributed by atoms with Crippen LogP contribution in [0.25, 0.3) is 44.5 Å². The molecule has 0 amide bonds. The van der Waals surface area contributed by atoms with E-state index in [0.717, 1.165) is 0 Å². The molecule has 50 heavy (non-hydrogen) atoms. The second-order valence-corrected chi connectivity index (χ2v) is 21.8. The summed E-state index contributed by atoms with van der Waals surface area (Å²) >= 11 is -0.361. The van der Waals surface area contributed by atoms with Gasteiger partial charge in [-0.1, -0.05) is 0 Å². The predicted molar refractivity (Wildman–Crippen MR) is 222 cm³/mol. The van der Waals surface area contributed by atoms with Crippen molar-refractivity contribution in [1.82, 2.24) is 0 Å². The van der Waals surface area contributed by atoms with Crippen molar-refractivity contribution in [3.05, 3.63) is 152 Å². The fourth-order valence-electron chi connectivity index (χ4n) is 8.63. The summed E-state index contributed by atoms with van der Waals surface area (Å²) in [5, 5.41) is 0. The van der Waals surface area contributed by atoms with Crippen molar-refractivity contribution in [2.45, 2.75) is 83.1 Å². The summed E-state index contributed by atoms with van der Waals surface area (Å²) < 4.78 is 3.15. The molecule has 0 radical (unpaired) electrons. The zero-order chi connectivity index (χ0) is 36.0. The molecule has 6 aromatic rings. The van der Waals surface area contributed by atoms with Crippen LogP contribution in [0.5, 0.6) is 0 Å². The Hall–Kier alpha value is -3.56. The number of hydrogen-bond donors (Lipinski definition) is 0. The number of hydrogen-bond acceptors (Lipinski definition) is 0. The van der Waals surface area contributed by atoms with Gasteiger partial charge in [0.05, 0.1) is 0 Å². The van der Waals surface area contributed by atoms with Crippen molar-refractivity contribution in [2.75, 3.05) is 0 Å². The van der Waals surface area contributed by atoms with E-state index < -0.39 is 0 Å². The third-order valence-electron chi connectivity index (χ3n) is 10.1. The van der Waals surface area contributed by atoms with E-state index in [2.05, 4.69) is 168 Å². The first-order valence-electron chi connectivity index (χ1n) is 17.8. The van der Waals surface area contributed by atoms with Crippen molar-refractivity contribution in [1.29, 1.82) is 0 Å². The van der Waals surface area contributed by atoms with Crippen LogP contribution in [0.1, 0.15) is 66.8 Å². The predicted octanol–water partition coefficient (Wildman–Crippen LogP) is 11.3. The molecule has 0 fully saturated rings. The molecule has 0 saturated heterocycles. The summed E-state index contributed by atoms with van der Waals surface area (Å²) in [6, 6.07) is 33.2.